The van der Waals surface area contributed by atoms with Gasteiger partial charge in [0.25, 0.3) is 10.0 Å². The Balaban J connectivity index is 1.81. The summed E-state index contributed by atoms with van der Waals surface area (Å²) in [5.41, 5.74) is 0. The molecule has 21 heavy (non-hydrogen) atoms. The molecular weight excluding hydrogens is 324 g/mol. The third-order valence-corrected chi connectivity index (χ3v) is 8.63. The lowest BCUT2D eigenvalue weighted by molar-refractivity contribution is 0.243. The molecule has 0 saturated carbocycles. The highest BCUT2D eigenvalue weighted by molar-refractivity contribution is 7.99. The summed E-state index contributed by atoms with van der Waals surface area (Å²) >= 11 is 3.22. The first-order chi connectivity index (χ1) is 10.2. The van der Waals surface area contributed by atoms with Crippen molar-refractivity contribution in [2.24, 2.45) is 0 Å². The zero-order valence-corrected chi connectivity index (χ0v) is 14.6. The summed E-state index contributed by atoms with van der Waals surface area (Å²) in [6.07, 6.45) is 3.45. The van der Waals surface area contributed by atoms with Gasteiger partial charge in [-0.3, -0.25) is 0 Å². The van der Waals surface area contributed by atoms with Crippen LogP contribution < -0.4 is 0 Å². The van der Waals surface area contributed by atoms with Crippen molar-refractivity contribution in [3.63, 3.8) is 0 Å². The Morgan fingerprint density at radius 2 is 2.00 bits per heavy atom. The Labute approximate surface area is 135 Å². The fourth-order valence-electron chi connectivity index (χ4n) is 3.06. The van der Waals surface area contributed by atoms with Gasteiger partial charge in [0.05, 0.1) is 0 Å². The van der Waals surface area contributed by atoms with Gasteiger partial charge in [-0.15, -0.1) is 11.3 Å². The summed E-state index contributed by atoms with van der Waals surface area (Å²) in [7, 11) is -3.32. The maximum atomic E-state index is 12.9. The van der Waals surface area contributed by atoms with Crippen molar-refractivity contribution in [3.05, 3.63) is 17.5 Å². The van der Waals surface area contributed by atoms with Gasteiger partial charge < -0.3 is 4.90 Å². The molecule has 2 saturated heterocycles. The van der Waals surface area contributed by atoms with E-state index in [9.17, 15) is 8.42 Å². The molecule has 0 N–H and O–H groups in total. The lowest BCUT2D eigenvalue weighted by Crippen LogP contribution is -2.47. The van der Waals surface area contributed by atoms with Gasteiger partial charge in [0, 0.05) is 24.9 Å². The molecule has 0 spiro atoms. The molecule has 0 aliphatic carbocycles. The van der Waals surface area contributed by atoms with Gasteiger partial charge in [0.1, 0.15) is 4.21 Å². The predicted molar refractivity (Wildman–Crippen MR) is 89.6 cm³/mol. The van der Waals surface area contributed by atoms with E-state index in [-0.39, 0.29) is 6.04 Å². The van der Waals surface area contributed by atoms with Gasteiger partial charge in [-0.05, 0) is 49.6 Å². The number of sulfonamides is 1. The second-order valence-corrected chi connectivity index (χ2v) is 9.85. The van der Waals surface area contributed by atoms with E-state index in [1.54, 1.807) is 10.4 Å². The molecule has 7 heteroatoms. The van der Waals surface area contributed by atoms with Crippen molar-refractivity contribution in [1.29, 1.82) is 0 Å². The Bertz CT molecular complexity index is 539. The molecule has 3 rings (SSSR count). The summed E-state index contributed by atoms with van der Waals surface area (Å²) in [5, 5.41) is 1.84. The fraction of sp³-hybridized carbons (Fsp3) is 0.714. The summed E-state index contributed by atoms with van der Waals surface area (Å²) in [6.45, 7) is 3.78. The topological polar surface area (TPSA) is 40.6 Å². The van der Waals surface area contributed by atoms with Crippen molar-refractivity contribution in [2.45, 2.75) is 29.5 Å². The van der Waals surface area contributed by atoms with E-state index >= 15 is 0 Å². The molecule has 1 aromatic heterocycles. The average Bonchev–Trinajstić information content (AvgIpc) is 3.10. The van der Waals surface area contributed by atoms with E-state index in [0.29, 0.717) is 10.8 Å². The molecule has 1 aromatic rings. The average molecular weight is 347 g/mol. The van der Waals surface area contributed by atoms with E-state index in [1.807, 2.05) is 23.2 Å². The molecule has 0 radical (unpaired) electrons. The highest BCUT2D eigenvalue weighted by atomic mass is 32.2. The van der Waals surface area contributed by atoms with Crippen LogP contribution in [0.4, 0.5) is 0 Å². The third kappa shape index (κ3) is 3.64. The summed E-state index contributed by atoms with van der Waals surface area (Å²) in [4.78, 5) is 2.42. The Morgan fingerprint density at radius 3 is 2.71 bits per heavy atom. The second-order valence-electron chi connectivity index (χ2n) is 5.64. The lowest BCUT2D eigenvalue weighted by Gasteiger charge is -2.31. The summed E-state index contributed by atoms with van der Waals surface area (Å²) in [6, 6.07) is 3.66. The van der Waals surface area contributed by atoms with Crippen LogP contribution in [0.2, 0.25) is 0 Å². The SMILES string of the molecule is O=S(=O)(c1cccs1)N1CCCSCC1CN1CCCC1. The van der Waals surface area contributed by atoms with Gasteiger partial charge in [0.15, 0.2) is 0 Å². The largest absolute Gasteiger partial charge is 0.302 e. The molecule has 0 aromatic carbocycles. The van der Waals surface area contributed by atoms with Crippen LogP contribution in [-0.2, 0) is 10.0 Å². The van der Waals surface area contributed by atoms with E-state index in [2.05, 4.69) is 4.90 Å². The molecule has 2 fully saturated rings. The van der Waals surface area contributed by atoms with Gasteiger partial charge in [-0.2, -0.15) is 16.1 Å². The first-order valence-corrected chi connectivity index (χ1v) is 11.0. The van der Waals surface area contributed by atoms with Gasteiger partial charge in [-0.1, -0.05) is 6.07 Å². The standard InChI is InChI=1S/C14H22N2O2S3/c17-21(18,14-5-3-10-20-14)16-8-4-9-19-12-13(16)11-15-6-1-2-7-15/h3,5,10,13H,1-2,4,6-9,11-12H2. The van der Waals surface area contributed by atoms with Crippen molar-refractivity contribution >= 4 is 33.1 Å². The Morgan fingerprint density at radius 1 is 1.19 bits per heavy atom. The molecule has 0 amide bonds. The van der Waals surface area contributed by atoms with E-state index in [4.69, 9.17) is 0 Å². The van der Waals surface area contributed by atoms with Gasteiger partial charge in [0.2, 0.25) is 0 Å². The Hall–Kier alpha value is -0.0800. The minimum atomic E-state index is -3.32. The number of hydrogen-bond acceptors (Lipinski definition) is 5. The lowest BCUT2D eigenvalue weighted by atomic mass is 10.3. The van der Waals surface area contributed by atoms with Crippen LogP contribution >= 0.6 is 23.1 Å². The van der Waals surface area contributed by atoms with Gasteiger partial charge >= 0.3 is 0 Å². The molecule has 0 bridgehead atoms. The van der Waals surface area contributed by atoms with Crippen LogP contribution in [0, 0.1) is 0 Å². The number of hydrogen-bond donors (Lipinski definition) is 0. The fourth-order valence-corrected chi connectivity index (χ4v) is 6.98. The van der Waals surface area contributed by atoms with Crippen LogP contribution in [0.15, 0.2) is 21.7 Å². The molecular formula is C14H22N2O2S3. The minimum Gasteiger partial charge on any atom is -0.302 e. The number of thiophene rings is 1. The molecule has 118 valence electrons. The highest BCUT2D eigenvalue weighted by Crippen LogP contribution is 2.27. The summed E-state index contributed by atoms with van der Waals surface area (Å²) < 4.78 is 28.0. The van der Waals surface area contributed by atoms with Crippen molar-refractivity contribution in [1.82, 2.24) is 9.21 Å². The van der Waals surface area contributed by atoms with Crippen LogP contribution in [-0.4, -0.2) is 61.3 Å². The van der Waals surface area contributed by atoms with E-state index in [1.165, 1.54) is 24.2 Å². The summed E-state index contributed by atoms with van der Waals surface area (Å²) in [5.74, 6) is 1.98. The first-order valence-electron chi connectivity index (χ1n) is 7.53. The van der Waals surface area contributed by atoms with Crippen molar-refractivity contribution in [2.75, 3.05) is 37.7 Å². The zero-order valence-electron chi connectivity index (χ0n) is 12.1. The van der Waals surface area contributed by atoms with Crippen molar-refractivity contribution in [3.8, 4) is 0 Å². The highest BCUT2D eigenvalue weighted by Gasteiger charge is 2.34. The normalized spacial score (nSPS) is 26.0. The first kappa shape index (κ1) is 15.8. The van der Waals surface area contributed by atoms with Crippen LogP contribution in [0.5, 0.6) is 0 Å². The second kappa shape index (κ2) is 7.00. The Kier molecular flexibility index (Phi) is 5.27. The maximum absolute atomic E-state index is 12.9. The number of thioether (sulfide) groups is 1. The number of nitrogens with zero attached hydrogens (tertiary/aromatic N) is 2. The molecule has 4 nitrogen and oxygen atoms in total. The van der Waals surface area contributed by atoms with E-state index in [0.717, 1.165) is 37.6 Å². The van der Waals surface area contributed by atoms with Crippen LogP contribution in [0.1, 0.15) is 19.3 Å². The maximum Gasteiger partial charge on any atom is 0.252 e. The quantitative estimate of drug-likeness (QED) is 0.839. The monoisotopic (exact) mass is 346 g/mol. The zero-order chi connectivity index (χ0) is 14.7. The van der Waals surface area contributed by atoms with E-state index < -0.39 is 10.0 Å². The van der Waals surface area contributed by atoms with Gasteiger partial charge in [-0.25, -0.2) is 8.42 Å². The van der Waals surface area contributed by atoms with Crippen LogP contribution in [0.25, 0.3) is 0 Å². The third-order valence-electron chi connectivity index (χ3n) is 4.11. The molecule has 1 unspecified atom stereocenters. The minimum absolute atomic E-state index is 0.114. The number of likely N-dealkylation sites (tertiary alicyclic amines) is 1. The van der Waals surface area contributed by atoms with Crippen LogP contribution in [0.3, 0.4) is 0 Å². The molecule has 1 atom stereocenters. The number of rotatable bonds is 4. The molecule has 3 heterocycles. The molecule has 2 aliphatic heterocycles. The van der Waals surface area contributed by atoms with Crippen molar-refractivity contribution < 1.29 is 8.42 Å². The molecule has 2 aliphatic rings. The smallest absolute Gasteiger partial charge is 0.252 e. The predicted octanol–water partition coefficient (Wildman–Crippen LogP) is 2.34.